The van der Waals surface area contributed by atoms with E-state index in [1.165, 1.54) is 0 Å². The van der Waals surface area contributed by atoms with Crippen molar-refractivity contribution in [3.63, 3.8) is 0 Å². The van der Waals surface area contributed by atoms with Gasteiger partial charge in [-0.15, -0.1) is 0 Å². The van der Waals surface area contributed by atoms with Crippen LogP contribution in [0.2, 0.25) is 0 Å². The Morgan fingerprint density at radius 2 is 2.14 bits per heavy atom. The lowest BCUT2D eigenvalue weighted by Gasteiger charge is -2.30. The third-order valence-electron chi connectivity index (χ3n) is 3.68. The van der Waals surface area contributed by atoms with Crippen molar-refractivity contribution in [2.45, 2.75) is 12.5 Å². The molecule has 1 atom stereocenters. The first kappa shape index (κ1) is 16.6. The molecule has 1 fully saturated rings. The van der Waals surface area contributed by atoms with Crippen LogP contribution in [0.3, 0.4) is 0 Å². The second-order valence-electron chi connectivity index (χ2n) is 5.43. The average molecular weight is 308 g/mol. The normalized spacial score (nSPS) is 18.8. The van der Waals surface area contributed by atoms with Gasteiger partial charge < -0.3 is 24.4 Å². The molecule has 0 unspecified atom stereocenters. The molecule has 1 aromatic carbocycles. The van der Waals surface area contributed by atoms with Gasteiger partial charge >= 0.3 is 0 Å². The summed E-state index contributed by atoms with van der Waals surface area (Å²) in [6, 6.07) is 5.50. The molecule has 1 heterocycles. The first-order chi connectivity index (χ1) is 10.6. The molecule has 6 nitrogen and oxygen atoms in total. The monoisotopic (exact) mass is 308 g/mol. The Bertz CT molecular complexity index is 507. The van der Waals surface area contributed by atoms with Gasteiger partial charge in [-0.1, -0.05) is 6.07 Å². The molecule has 22 heavy (non-hydrogen) atoms. The Labute approximate surface area is 131 Å². The van der Waals surface area contributed by atoms with E-state index in [-0.39, 0.29) is 12.0 Å². The summed E-state index contributed by atoms with van der Waals surface area (Å²) in [5.41, 5.74) is 0.886. The van der Waals surface area contributed by atoms with E-state index in [9.17, 15) is 4.79 Å². The summed E-state index contributed by atoms with van der Waals surface area (Å²) in [7, 11) is 5.23. The molecule has 1 amide bonds. The maximum absolute atomic E-state index is 12.0. The maximum Gasteiger partial charge on any atom is 0.224 e. The molecule has 0 aromatic heterocycles. The number of ether oxygens (including phenoxy) is 3. The van der Waals surface area contributed by atoms with Crippen LogP contribution in [0, 0.1) is 0 Å². The van der Waals surface area contributed by atoms with Crippen LogP contribution in [0.4, 0.5) is 0 Å². The molecule has 0 radical (unpaired) electrons. The topological polar surface area (TPSA) is 60.0 Å². The van der Waals surface area contributed by atoms with E-state index >= 15 is 0 Å². The number of nitrogens with zero attached hydrogens (tertiary/aromatic N) is 1. The number of methoxy groups -OCH3 is 2. The van der Waals surface area contributed by atoms with E-state index in [2.05, 4.69) is 17.3 Å². The van der Waals surface area contributed by atoms with Crippen molar-refractivity contribution in [1.29, 1.82) is 0 Å². The SMILES string of the molecule is COc1ccc(CC(=O)NC[C@H]2CN(C)CCO2)cc1OC. The van der Waals surface area contributed by atoms with Crippen LogP contribution in [0.1, 0.15) is 5.56 Å². The average Bonchev–Trinajstić information content (AvgIpc) is 2.53. The standard InChI is InChI=1S/C16H24N2O4/c1-18-6-7-22-13(11-18)10-17-16(19)9-12-4-5-14(20-2)15(8-12)21-3/h4-5,8,13H,6-7,9-11H2,1-3H3,(H,17,19)/t13-/m0/s1. The van der Waals surface area contributed by atoms with Crippen molar-refractivity contribution in [3.8, 4) is 11.5 Å². The molecule has 0 saturated carbocycles. The van der Waals surface area contributed by atoms with Gasteiger partial charge in [0, 0.05) is 19.6 Å². The molecule has 1 saturated heterocycles. The Morgan fingerprint density at radius 3 is 2.82 bits per heavy atom. The number of rotatable bonds is 6. The highest BCUT2D eigenvalue weighted by molar-refractivity contribution is 5.78. The van der Waals surface area contributed by atoms with Gasteiger partial charge in [-0.05, 0) is 24.7 Å². The molecule has 6 heteroatoms. The third-order valence-corrected chi connectivity index (χ3v) is 3.68. The van der Waals surface area contributed by atoms with Gasteiger partial charge in [0.2, 0.25) is 5.91 Å². The summed E-state index contributed by atoms with van der Waals surface area (Å²) in [5, 5.41) is 2.92. The first-order valence-electron chi connectivity index (χ1n) is 7.40. The minimum absolute atomic E-state index is 0.0240. The highest BCUT2D eigenvalue weighted by Gasteiger charge is 2.18. The second-order valence-corrected chi connectivity index (χ2v) is 5.43. The van der Waals surface area contributed by atoms with Crippen molar-refractivity contribution in [2.24, 2.45) is 0 Å². The zero-order valence-electron chi connectivity index (χ0n) is 13.4. The molecule has 2 rings (SSSR count). The molecule has 1 aromatic rings. The van der Waals surface area contributed by atoms with Gasteiger partial charge in [0.15, 0.2) is 11.5 Å². The summed E-state index contributed by atoms with van der Waals surface area (Å²) in [6.07, 6.45) is 0.372. The lowest BCUT2D eigenvalue weighted by Crippen LogP contribution is -2.46. The fraction of sp³-hybridized carbons (Fsp3) is 0.562. The number of carbonyl (C=O) groups is 1. The Balaban J connectivity index is 1.84. The van der Waals surface area contributed by atoms with Gasteiger partial charge in [0.25, 0.3) is 0 Å². The summed E-state index contributed by atoms with van der Waals surface area (Å²) in [5.74, 6) is 1.26. The summed E-state index contributed by atoms with van der Waals surface area (Å²) in [4.78, 5) is 14.2. The summed E-state index contributed by atoms with van der Waals surface area (Å²) < 4.78 is 16.1. The predicted molar refractivity (Wildman–Crippen MR) is 83.5 cm³/mol. The molecular formula is C16H24N2O4. The van der Waals surface area contributed by atoms with Crippen molar-refractivity contribution >= 4 is 5.91 Å². The second kappa shape index (κ2) is 8.00. The van der Waals surface area contributed by atoms with Crippen molar-refractivity contribution in [2.75, 3.05) is 47.5 Å². The van der Waals surface area contributed by atoms with E-state index in [1.54, 1.807) is 20.3 Å². The molecule has 0 aliphatic carbocycles. The number of likely N-dealkylation sites (N-methyl/N-ethyl adjacent to an activating group) is 1. The smallest absolute Gasteiger partial charge is 0.224 e. The summed E-state index contributed by atoms with van der Waals surface area (Å²) in [6.45, 7) is 3.04. The van der Waals surface area contributed by atoms with Gasteiger partial charge in [0.05, 0.1) is 33.4 Å². The molecule has 122 valence electrons. The van der Waals surface area contributed by atoms with Gasteiger partial charge in [-0.2, -0.15) is 0 Å². The van der Waals surface area contributed by atoms with E-state index in [1.807, 2.05) is 12.1 Å². The van der Waals surface area contributed by atoms with Gasteiger partial charge in [-0.3, -0.25) is 4.79 Å². The number of carbonyl (C=O) groups excluding carboxylic acids is 1. The number of hydrogen-bond donors (Lipinski definition) is 1. The van der Waals surface area contributed by atoms with Crippen LogP contribution >= 0.6 is 0 Å². The largest absolute Gasteiger partial charge is 0.493 e. The van der Waals surface area contributed by atoms with Crippen molar-refractivity contribution < 1.29 is 19.0 Å². The molecule has 1 N–H and O–H groups in total. The van der Waals surface area contributed by atoms with Crippen molar-refractivity contribution in [1.82, 2.24) is 10.2 Å². The van der Waals surface area contributed by atoms with Crippen molar-refractivity contribution in [3.05, 3.63) is 23.8 Å². The fourth-order valence-electron chi connectivity index (χ4n) is 2.46. The number of benzene rings is 1. The molecule has 1 aliphatic heterocycles. The third kappa shape index (κ3) is 4.61. The molecule has 0 bridgehead atoms. The Kier molecular flexibility index (Phi) is 6.03. The van der Waals surface area contributed by atoms with Crippen LogP contribution in [-0.2, 0) is 16.0 Å². The minimum atomic E-state index is -0.0240. The Hall–Kier alpha value is -1.79. The summed E-state index contributed by atoms with van der Waals surface area (Å²) >= 11 is 0. The quantitative estimate of drug-likeness (QED) is 0.838. The number of nitrogens with one attached hydrogen (secondary N) is 1. The Morgan fingerprint density at radius 1 is 1.36 bits per heavy atom. The maximum atomic E-state index is 12.0. The van der Waals surface area contributed by atoms with Gasteiger partial charge in [0.1, 0.15) is 0 Å². The predicted octanol–water partition coefficient (Wildman–Crippen LogP) is 0.693. The minimum Gasteiger partial charge on any atom is -0.493 e. The lowest BCUT2D eigenvalue weighted by molar-refractivity contribution is -0.121. The van der Waals surface area contributed by atoms with Crippen LogP contribution in [0.15, 0.2) is 18.2 Å². The van der Waals surface area contributed by atoms with Crippen LogP contribution in [0.25, 0.3) is 0 Å². The molecular weight excluding hydrogens is 284 g/mol. The van der Waals surface area contributed by atoms with E-state index in [4.69, 9.17) is 14.2 Å². The first-order valence-corrected chi connectivity index (χ1v) is 7.40. The number of morpholine rings is 1. The van der Waals surface area contributed by atoms with Crippen LogP contribution in [0.5, 0.6) is 11.5 Å². The van der Waals surface area contributed by atoms with E-state index in [0.717, 1.165) is 18.7 Å². The molecule has 0 spiro atoms. The van der Waals surface area contributed by atoms with Crippen LogP contribution < -0.4 is 14.8 Å². The zero-order chi connectivity index (χ0) is 15.9. The lowest BCUT2D eigenvalue weighted by atomic mass is 10.1. The van der Waals surface area contributed by atoms with E-state index in [0.29, 0.717) is 31.1 Å². The fourth-order valence-corrected chi connectivity index (χ4v) is 2.46. The van der Waals surface area contributed by atoms with Crippen LogP contribution in [-0.4, -0.2) is 64.4 Å². The number of hydrogen-bond acceptors (Lipinski definition) is 5. The van der Waals surface area contributed by atoms with E-state index < -0.39 is 0 Å². The molecule has 1 aliphatic rings. The number of amides is 1. The zero-order valence-corrected chi connectivity index (χ0v) is 13.4. The highest BCUT2D eigenvalue weighted by atomic mass is 16.5. The van der Waals surface area contributed by atoms with Gasteiger partial charge in [-0.25, -0.2) is 0 Å². The highest BCUT2D eigenvalue weighted by Crippen LogP contribution is 2.27.